The van der Waals surface area contributed by atoms with Crippen molar-refractivity contribution in [1.82, 2.24) is 5.48 Å². The molecular formula is C9H15NO3. The number of rotatable bonds is 5. The molecule has 0 amide bonds. The lowest BCUT2D eigenvalue weighted by Gasteiger charge is -2.13. The zero-order valence-corrected chi connectivity index (χ0v) is 7.58. The van der Waals surface area contributed by atoms with Gasteiger partial charge in [-0.1, -0.05) is 6.08 Å². The molecule has 0 aromatic rings. The second-order valence-corrected chi connectivity index (χ2v) is 3.07. The van der Waals surface area contributed by atoms with E-state index in [-0.39, 0.29) is 13.0 Å². The molecule has 0 aromatic heterocycles. The summed E-state index contributed by atoms with van der Waals surface area (Å²) < 4.78 is 0. The Kier molecular flexibility index (Phi) is 4.32. The van der Waals surface area contributed by atoms with E-state index in [4.69, 9.17) is 9.94 Å². The Morgan fingerprint density at radius 3 is 3.08 bits per heavy atom. The molecule has 0 atom stereocenters. The molecule has 0 aromatic carbocycles. The molecule has 0 spiro atoms. The van der Waals surface area contributed by atoms with Crippen LogP contribution < -0.4 is 5.48 Å². The fourth-order valence-electron chi connectivity index (χ4n) is 1.21. The van der Waals surface area contributed by atoms with Crippen LogP contribution in [0.25, 0.3) is 0 Å². The molecule has 74 valence electrons. The van der Waals surface area contributed by atoms with E-state index in [0.717, 1.165) is 18.5 Å². The molecule has 0 unspecified atom stereocenters. The first-order valence-electron chi connectivity index (χ1n) is 4.57. The zero-order chi connectivity index (χ0) is 9.52. The summed E-state index contributed by atoms with van der Waals surface area (Å²) in [5, 5.41) is 8.33. The lowest BCUT2D eigenvalue weighted by Crippen LogP contribution is -2.17. The monoisotopic (exact) mass is 185 g/mol. The molecule has 1 aliphatic rings. The summed E-state index contributed by atoms with van der Waals surface area (Å²) in [5.41, 5.74) is 3.85. The number of carbonyl (C=O) groups is 1. The SMILES string of the molecule is O=C(O)CCONC1=CCCCC1. The van der Waals surface area contributed by atoms with Gasteiger partial charge in [0.25, 0.3) is 0 Å². The molecule has 4 heteroatoms. The van der Waals surface area contributed by atoms with Crippen molar-refractivity contribution in [1.29, 1.82) is 0 Å². The van der Waals surface area contributed by atoms with Crippen LogP contribution in [0.15, 0.2) is 11.8 Å². The van der Waals surface area contributed by atoms with Crippen molar-refractivity contribution in [2.45, 2.75) is 32.1 Å². The third kappa shape index (κ3) is 4.52. The first-order chi connectivity index (χ1) is 6.29. The van der Waals surface area contributed by atoms with Crippen LogP contribution in [0.4, 0.5) is 0 Å². The number of carboxylic acids is 1. The van der Waals surface area contributed by atoms with E-state index in [1.165, 1.54) is 12.8 Å². The predicted octanol–water partition coefficient (Wildman–Crippen LogP) is 1.44. The van der Waals surface area contributed by atoms with Crippen molar-refractivity contribution in [3.63, 3.8) is 0 Å². The van der Waals surface area contributed by atoms with Gasteiger partial charge in [0.2, 0.25) is 0 Å². The van der Waals surface area contributed by atoms with Crippen molar-refractivity contribution in [2.24, 2.45) is 0 Å². The molecule has 0 saturated heterocycles. The Hall–Kier alpha value is -1.03. The minimum atomic E-state index is -0.834. The number of carboxylic acid groups (broad SMARTS) is 1. The van der Waals surface area contributed by atoms with E-state index in [1.54, 1.807) is 0 Å². The average Bonchev–Trinajstić information content (AvgIpc) is 2.14. The van der Waals surface area contributed by atoms with Gasteiger partial charge in [0.05, 0.1) is 13.0 Å². The van der Waals surface area contributed by atoms with Crippen LogP contribution in [-0.4, -0.2) is 17.7 Å². The number of hydrogen-bond acceptors (Lipinski definition) is 3. The third-order valence-electron chi connectivity index (χ3n) is 1.91. The van der Waals surface area contributed by atoms with Crippen molar-refractivity contribution in [3.8, 4) is 0 Å². The minimum absolute atomic E-state index is 0.0419. The van der Waals surface area contributed by atoms with E-state index in [2.05, 4.69) is 11.6 Å². The van der Waals surface area contributed by atoms with Gasteiger partial charge in [-0.05, 0) is 25.7 Å². The lowest BCUT2D eigenvalue weighted by atomic mass is 10.1. The largest absolute Gasteiger partial charge is 0.481 e. The first kappa shape index (κ1) is 10.1. The van der Waals surface area contributed by atoms with Crippen molar-refractivity contribution >= 4 is 5.97 Å². The van der Waals surface area contributed by atoms with Gasteiger partial charge >= 0.3 is 5.97 Å². The van der Waals surface area contributed by atoms with Gasteiger partial charge in [-0.15, -0.1) is 0 Å². The Balaban J connectivity index is 2.04. The predicted molar refractivity (Wildman–Crippen MR) is 47.9 cm³/mol. The maximum Gasteiger partial charge on any atom is 0.305 e. The van der Waals surface area contributed by atoms with E-state index in [1.807, 2.05) is 0 Å². The topological polar surface area (TPSA) is 58.6 Å². The van der Waals surface area contributed by atoms with E-state index < -0.39 is 5.97 Å². The second kappa shape index (κ2) is 5.59. The highest BCUT2D eigenvalue weighted by atomic mass is 16.6. The summed E-state index contributed by atoms with van der Waals surface area (Å²) in [6.07, 6.45) is 6.66. The highest BCUT2D eigenvalue weighted by Gasteiger charge is 2.03. The molecule has 0 radical (unpaired) electrons. The number of nitrogens with one attached hydrogen (secondary N) is 1. The maximum atomic E-state index is 10.1. The lowest BCUT2D eigenvalue weighted by molar-refractivity contribution is -0.138. The summed E-state index contributed by atoms with van der Waals surface area (Å²) >= 11 is 0. The van der Waals surface area contributed by atoms with Gasteiger partial charge in [0.1, 0.15) is 0 Å². The molecule has 0 saturated carbocycles. The van der Waals surface area contributed by atoms with Crippen LogP contribution >= 0.6 is 0 Å². The Morgan fingerprint density at radius 1 is 1.62 bits per heavy atom. The van der Waals surface area contributed by atoms with Gasteiger partial charge in [0, 0.05) is 5.70 Å². The van der Waals surface area contributed by atoms with Crippen molar-refractivity contribution in [2.75, 3.05) is 6.61 Å². The first-order valence-corrected chi connectivity index (χ1v) is 4.57. The Morgan fingerprint density at radius 2 is 2.46 bits per heavy atom. The molecular weight excluding hydrogens is 170 g/mol. The van der Waals surface area contributed by atoms with Crippen LogP contribution in [0, 0.1) is 0 Å². The minimum Gasteiger partial charge on any atom is -0.481 e. The molecule has 4 nitrogen and oxygen atoms in total. The van der Waals surface area contributed by atoms with Crippen LogP contribution in [0.2, 0.25) is 0 Å². The van der Waals surface area contributed by atoms with Crippen LogP contribution in [0.3, 0.4) is 0 Å². The van der Waals surface area contributed by atoms with Crippen molar-refractivity contribution < 1.29 is 14.7 Å². The third-order valence-corrected chi connectivity index (χ3v) is 1.91. The summed E-state index contributed by atoms with van der Waals surface area (Å²) in [6, 6.07) is 0. The highest BCUT2D eigenvalue weighted by molar-refractivity contribution is 5.66. The quantitative estimate of drug-likeness (QED) is 0.502. The van der Waals surface area contributed by atoms with Gasteiger partial charge in [-0.3, -0.25) is 15.1 Å². The molecule has 13 heavy (non-hydrogen) atoms. The number of allylic oxidation sites excluding steroid dienone is 2. The molecule has 0 bridgehead atoms. The number of hydrogen-bond donors (Lipinski definition) is 2. The van der Waals surface area contributed by atoms with Gasteiger partial charge in [-0.25, -0.2) is 0 Å². The summed E-state index contributed by atoms with van der Waals surface area (Å²) in [4.78, 5) is 15.1. The smallest absolute Gasteiger partial charge is 0.305 e. The summed E-state index contributed by atoms with van der Waals surface area (Å²) in [7, 11) is 0. The normalized spacial score (nSPS) is 16.5. The van der Waals surface area contributed by atoms with Crippen LogP contribution in [-0.2, 0) is 9.63 Å². The molecule has 0 heterocycles. The van der Waals surface area contributed by atoms with Crippen LogP contribution in [0.5, 0.6) is 0 Å². The standard InChI is InChI=1S/C9H15NO3/c11-9(12)6-7-13-10-8-4-2-1-3-5-8/h4,10H,1-3,5-7H2,(H,11,12). The van der Waals surface area contributed by atoms with E-state index >= 15 is 0 Å². The number of hydroxylamine groups is 1. The van der Waals surface area contributed by atoms with Gasteiger partial charge < -0.3 is 5.11 Å². The van der Waals surface area contributed by atoms with Gasteiger partial charge in [-0.2, -0.15) is 0 Å². The summed E-state index contributed by atoms with van der Waals surface area (Å²) in [6.45, 7) is 0.215. The highest BCUT2D eigenvalue weighted by Crippen LogP contribution is 2.14. The molecule has 0 fully saturated rings. The fourth-order valence-corrected chi connectivity index (χ4v) is 1.21. The maximum absolute atomic E-state index is 10.1. The van der Waals surface area contributed by atoms with Crippen LogP contribution in [0.1, 0.15) is 32.1 Å². The second-order valence-electron chi connectivity index (χ2n) is 3.07. The molecule has 1 aliphatic carbocycles. The average molecular weight is 185 g/mol. The van der Waals surface area contributed by atoms with E-state index in [9.17, 15) is 4.79 Å². The fraction of sp³-hybridized carbons (Fsp3) is 0.667. The Labute approximate surface area is 77.5 Å². The Bertz CT molecular complexity index is 201. The zero-order valence-electron chi connectivity index (χ0n) is 7.58. The summed E-state index contributed by atoms with van der Waals surface area (Å²) in [5.74, 6) is -0.834. The van der Waals surface area contributed by atoms with E-state index in [0.29, 0.717) is 0 Å². The van der Waals surface area contributed by atoms with Gasteiger partial charge in [0.15, 0.2) is 0 Å². The molecule has 1 rings (SSSR count). The molecule has 2 N–H and O–H groups in total. The number of aliphatic carboxylic acids is 1. The van der Waals surface area contributed by atoms with Crippen molar-refractivity contribution in [3.05, 3.63) is 11.8 Å². The molecule has 0 aliphatic heterocycles.